The van der Waals surface area contributed by atoms with Gasteiger partial charge in [0.2, 0.25) is 0 Å². The first kappa shape index (κ1) is 13.5. The van der Waals surface area contributed by atoms with Crippen LogP contribution in [0.15, 0.2) is 28.7 Å². The van der Waals surface area contributed by atoms with E-state index in [9.17, 15) is 5.11 Å². The molecule has 1 N–H and O–H groups in total. The first-order chi connectivity index (χ1) is 7.63. The quantitative estimate of drug-likeness (QED) is 0.868. The van der Waals surface area contributed by atoms with Gasteiger partial charge < -0.3 is 9.84 Å². The SMILES string of the molecule is CC(C)CC(CO)COc1ccccc1Br. The van der Waals surface area contributed by atoms with Gasteiger partial charge in [-0.15, -0.1) is 0 Å². The summed E-state index contributed by atoms with van der Waals surface area (Å²) in [7, 11) is 0. The minimum absolute atomic E-state index is 0.183. The van der Waals surface area contributed by atoms with Crippen LogP contribution in [0.4, 0.5) is 0 Å². The average molecular weight is 287 g/mol. The maximum absolute atomic E-state index is 9.23. The lowest BCUT2D eigenvalue weighted by Crippen LogP contribution is -2.18. The molecule has 0 amide bonds. The monoisotopic (exact) mass is 286 g/mol. The zero-order valence-corrected chi connectivity index (χ0v) is 11.4. The Hall–Kier alpha value is -0.540. The highest BCUT2D eigenvalue weighted by Crippen LogP contribution is 2.24. The zero-order valence-electron chi connectivity index (χ0n) is 9.82. The minimum Gasteiger partial charge on any atom is -0.492 e. The standard InChI is InChI=1S/C13H19BrO2/c1-10(2)7-11(8-15)9-16-13-6-4-3-5-12(13)14/h3-6,10-11,15H,7-9H2,1-2H3. The molecule has 0 aliphatic rings. The molecule has 1 aromatic carbocycles. The van der Waals surface area contributed by atoms with E-state index in [1.807, 2.05) is 24.3 Å². The lowest BCUT2D eigenvalue weighted by molar-refractivity contribution is 0.145. The fraction of sp³-hybridized carbons (Fsp3) is 0.538. The second-order valence-electron chi connectivity index (χ2n) is 4.42. The minimum atomic E-state index is 0.183. The highest BCUT2D eigenvalue weighted by atomic mass is 79.9. The summed E-state index contributed by atoms with van der Waals surface area (Å²) in [5.41, 5.74) is 0. The molecule has 0 heterocycles. The third-order valence-corrected chi connectivity index (χ3v) is 3.03. The molecule has 1 rings (SSSR count). The number of benzene rings is 1. The van der Waals surface area contributed by atoms with E-state index in [-0.39, 0.29) is 12.5 Å². The number of hydrogen-bond acceptors (Lipinski definition) is 2. The molecule has 0 aliphatic heterocycles. The van der Waals surface area contributed by atoms with E-state index in [0.717, 1.165) is 16.6 Å². The van der Waals surface area contributed by atoms with Crippen LogP contribution in [-0.2, 0) is 0 Å². The van der Waals surface area contributed by atoms with Gasteiger partial charge in [0.25, 0.3) is 0 Å². The molecule has 0 saturated heterocycles. The van der Waals surface area contributed by atoms with Crippen LogP contribution in [0.1, 0.15) is 20.3 Å². The second-order valence-corrected chi connectivity index (χ2v) is 5.27. The van der Waals surface area contributed by atoms with Gasteiger partial charge in [-0.25, -0.2) is 0 Å². The van der Waals surface area contributed by atoms with E-state index in [4.69, 9.17) is 4.74 Å². The summed E-state index contributed by atoms with van der Waals surface area (Å²) < 4.78 is 6.64. The predicted octanol–water partition coefficient (Wildman–Crippen LogP) is 3.48. The molecular weight excluding hydrogens is 268 g/mol. The molecule has 3 heteroatoms. The third-order valence-electron chi connectivity index (χ3n) is 2.37. The number of ether oxygens (including phenoxy) is 1. The highest BCUT2D eigenvalue weighted by molar-refractivity contribution is 9.10. The number of aliphatic hydroxyl groups excluding tert-OH is 1. The van der Waals surface area contributed by atoms with Crippen molar-refractivity contribution < 1.29 is 9.84 Å². The van der Waals surface area contributed by atoms with Crippen LogP contribution in [0.25, 0.3) is 0 Å². The summed E-state index contributed by atoms with van der Waals surface area (Å²) in [5, 5.41) is 9.23. The molecule has 0 fully saturated rings. The first-order valence-electron chi connectivity index (χ1n) is 5.61. The van der Waals surface area contributed by atoms with E-state index in [0.29, 0.717) is 12.5 Å². The molecule has 0 saturated carbocycles. The smallest absolute Gasteiger partial charge is 0.133 e. The van der Waals surface area contributed by atoms with Crippen molar-refractivity contribution in [2.45, 2.75) is 20.3 Å². The molecule has 0 spiro atoms. The Bertz CT molecular complexity index is 313. The normalized spacial score (nSPS) is 12.8. The van der Waals surface area contributed by atoms with E-state index in [1.54, 1.807) is 0 Å². The van der Waals surface area contributed by atoms with E-state index in [2.05, 4.69) is 29.8 Å². The van der Waals surface area contributed by atoms with E-state index < -0.39 is 0 Å². The summed E-state index contributed by atoms with van der Waals surface area (Å²) in [4.78, 5) is 0. The van der Waals surface area contributed by atoms with Crippen LogP contribution >= 0.6 is 15.9 Å². The summed E-state index contributed by atoms with van der Waals surface area (Å²) in [6.07, 6.45) is 0.987. The largest absolute Gasteiger partial charge is 0.492 e. The van der Waals surface area contributed by atoms with Gasteiger partial charge >= 0.3 is 0 Å². The van der Waals surface area contributed by atoms with Gasteiger partial charge in [0.1, 0.15) is 5.75 Å². The lowest BCUT2D eigenvalue weighted by atomic mass is 9.99. The summed E-state index contributed by atoms with van der Waals surface area (Å²) in [6, 6.07) is 7.77. The van der Waals surface area contributed by atoms with Crippen molar-refractivity contribution >= 4 is 15.9 Å². The number of hydrogen-bond donors (Lipinski definition) is 1. The zero-order chi connectivity index (χ0) is 12.0. The van der Waals surface area contributed by atoms with Crippen molar-refractivity contribution in [2.75, 3.05) is 13.2 Å². The van der Waals surface area contributed by atoms with Crippen LogP contribution in [0.5, 0.6) is 5.75 Å². The van der Waals surface area contributed by atoms with Crippen LogP contribution in [-0.4, -0.2) is 18.3 Å². The van der Waals surface area contributed by atoms with Crippen molar-refractivity contribution in [3.63, 3.8) is 0 Å². The number of rotatable bonds is 6. The molecule has 90 valence electrons. The van der Waals surface area contributed by atoms with Crippen LogP contribution in [0.2, 0.25) is 0 Å². The van der Waals surface area contributed by atoms with Gasteiger partial charge in [0.15, 0.2) is 0 Å². The second kappa shape index (κ2) is 6.92. The van der Waals surface area contributed by atoms with E-state index in [1.165, 1.54) is 0 Å². The van der Waals surface area contributed by atoms with E-state index >= 15 is 0 Å². The van der Waals surface area contributed by atoms with Crippen molar-refractivity contribution in [1.29, 1.82) is 0 Å². The number of halogens is 1. The summed E-state index contributed by atoms with van der Waals surface area (Å²) in [5.74, 6) is 1.64. The van der Waals surface area contributed by atoms with Gasteiger partial charge in [-0.3, -0.25) is 0 Å². The van der Waals surface area contributed by atoms with Crippen molar-refractivity contribution in [3.8, 4) is 5.75 Å². The fourth-order valence-electron chi connectivity index (χ4n) is 1.63. The van der Waals surface area contributed by atoms with Crippen molar-refractivity contribution in [2.24, 2.45) is 11.8 Å². The van der Waals surface area contributed by atoms with Gasteiger partial charge in [0.05, 0.1) is 11.1 Å². The molecule has 1 aromatic rings. The highest BCUT2D eigenvalue weighted by Gasteiger charge is 2.11. The molecular formula is C13H19BrO2. The predicted molar refractivity (Wildman–Crippen MR) is 69.7 cm³/mol. The molecule has 16 heavy (non-hydrogen) atoms. The summed E-state index contributed by atoms with van der Waals surface area (Å²) >= 11 is 3.43. The van der Waals surface area contributed by atoms with Gasteiger partial charge in [-0.2, -0.15) is 0 Å². The first-order valence-corrected chi connectivity index (χ1v) is 6.41. The molecule has 0 aliphatic carbocycles. The van der Waals surface area contributed by atoms with Crippen LogP contribution in [0, 0.1) is 11.8 Å². The maximum atomic E-state index is 9.23. The third kappa shape index (κ3) is 4.54. The molecule has 1 unspecified atom stereocenters. The molecule has 0 bridgehead atoms. The van der Waals surface area contributed by atoms with Gasteiger partial charge in [0, 0.05) is 12.5 Å². The Labute approximate surface area is 106 Å². The molecule has 2 nitrogen and oxygen atoms in total. The van der Waals surface area contributed by atoms with Crippen molar-refractivity contribution in [1.82, 2.24) is 0 Å². The lowest BCUT2D eigenvalue weighted by Gasteiger charge is -2.17. The van der Waals surface area contributed by atoms with Crippen LogP contribution in [0.3, 0.4) is 0 Å². The maximum Gasteiger partial charge on any atom is 0.133 e. The topological polar surface area (TPSA) is 29.5 Å². The Morgan fingerprint density at radius 1 is 1.31 bits per heavy atom. The Morgan fingerprint density at radius 3 is 2.56 bits per heavy atom. The Kier molecular flexibility index (Phi) is 5.85. The average Bonchev–Trinajstić information content (AvgIpc) is 2.25. The van der Waals surface area contributed by atoms with Gasteiger partial charge in [-0.05, 0) is 40.4 Å². The molecule has 0 aromatic heterocycles. The fourth-order valence-corrected chi connectivity index (χ4v) is 2.03. The number of aliphatic hydroxyl groups is 1. The Balaban J connectivity index is 2.46. The van der Waals surface area contributed by atoms with Crippen LogP contribution < -0.4 is 4.74 Å². The molecule has 0 radical (unpaired) electrons. The number of para-hydroxylation sites is 1. The molecule has 1 atom stereocenters. The summed E-state index contributed by atoms with van der Waals surface area (Å²) in [6.45, 7) is 5.06. The Morgan fingerprint density at radius 2 is 2.00 bits per heavy atom. The van der Waals surface area contributed by atoms with Crippen molar-refractivity contribution in [3.05, 3.63) is 28.7 Å². The van der Waals surface area contributed by atoms with Gasteiger partial charge in [-0.1, -0.05) is 26.0 Å².